The summed E-state index contributed by atoms with van der Waals surface area (Å²) in [5.41, 5.74) is 0.627. The molecule has 0 saturated heterocycles. The van der Waals surface area contributed by atoms with Crippen molar-refractivity contribution in [1.29, 1.82) is 0 Å². The van der Waals surface area contributed by atoms with Crippen molar-refractivity contribution in [2.45, 2.75) is 6.92 Å². The molecule has 0 aliphatic rings. The van der Waals surface area contributed by atoms with Crippen LogP contribution in [-0.2, 0) is 0 Å². The molecule has 1 aromatic heterocycles. The van der Waals surface area contributed by atoms with Gasteiger partial charge in [0.1, 0.15) is 11.1 Å². The molecular formula is C15H18BrClN2O3. The van der Waals surface area contributed by atoms with Crippen LogP contribution in [-0.4, -0.2) is 38.0 Å². The maximum Gasteiger partial charge on any atom is 0.349 e. The molecule has 1 amide bonds. The van der Waals surface area contributed by atoms with Crippen LogP contribution < -0.4 is 10.9 Å². The quantitative estimate of drug-likeness (QED) is 0.817. The van der Waals surface area contributed by atoms with E-state index >= 15 is 0 Å². The number of hydrogen-bond donors (Lipinski definition) is 1. The van der Waals surface area contributed by atoms with Gasteiger partial charge in [-0.2, -0.15) is 0 Å². The first-order valence-corrected chi connectivity index (χ1v) is 7.38. The highest BCUT2D eigenvalue weighted by Gasteiger charge is 2.21. The summed E-state index contributed by atoms with van der Waals surface area (Å²) in [7, 11) is 3.48. The lowest BCUT2D eigenvalue weighted by atomic mass is 10.1. The first-order chi connectivity index (χ1) is 9.95. The zero-order valence-electron chi connectivity index (χ0n) is 12.6. The van der Waals surface area contributed by atoms with Gasteiger partial charge in [0.25, 0.3) is 5.91 Å². The number of hydrogen-bond acceptors (Lipinski definition) is 4. The highest BCUT2D eigenvalue weighted by atomic mass is 79.9. The summed E-state index contributed by atoms with van der Waals surface area (Å²) in [5.74, 6) is -0.321. The van der Waals surface area contributed by atoms with Gasteiger partial charge in [0.15, 0.2) is 0 Å². The second kappa shape index (κ2) is 7.76. The van der Waals surface area contributed by atoms with Crippen molar-refractivity contribution >= 4 is 45.2 Å². The minimum Gasteiger partial charge on any atom is -0.422 e. The molecule has 0 radical (unpaired) electrons. The normalized spacial score (nSPS) is 10.4. The van der Waals surface area contributed by atoms with Crippen molar-refractivity contribution in [1.82, 2.24) is 10.2 Å². The Labute approximate surface area is 143 Å². The number of carbonyl (C=O) groups is 1. The molecule has 0 unspecified atom stereocenters. The summed E-state index contributed by atoms with van der Waals surface area (Å²) < 4.78 is 6.13. The van der Waals surface area contributed by atoms with E-state index in [-0.39, 0.29) is 23.9 Å². The minimum absolute atomic E-state index is 0. The van der Waals surface area contributed by atoms with Gasteiger partial charge in [0, 0.05) is 30.0 Å². The molecule has 120 valence electrons. The van der Waals surface area contributed by atoms with E-state index in [9.17, 15) is 9.59 Å². The van der Waals surface area contributed by atoms with Gasteiger partial charge in [-0.3, -0.25) is 4.79 Å². The zero-order chi connectivity index (χ0) is 15.6. The van der Waals surface area contributed by atoms with E-state index in [0.29, 0.717) is 24.2 Å². The summed E-state index contributed by atoms with van der Waals surface area (Å²) in [4.78, 5) is 26.1. The number of rotatable bonds is 4. The molecule has 1 aromatic carbocycles. The highest BCUT2D eigenvalue weighted by Crippen LogP contribution is 2.23. The smallest absolute Gasteiger partial charge is 0.349 e. The molecule has 2 rings (SSSR count). The van der Waals surface area contributed by atoms with Crippen LogP contribution in [0.25, 0.3) is 11.0 Å². The Morgan fingerprint density at radius 3 is 2.73 bits per heavy atom. The van der Waals surface area contributed by atoms with Gasteiger partial charge in [0.2, 0.25) is 0 Å². The molecule has 0 fully saturated rings. The van der Waals surface area contributed by atoms with Crippen LogP contribution in [0.3, 0.4) is 0 Å². The van der Waals surface area contributed by atoms with Gasteiger partial charge >= 0.3 is 5.63 Å². The van der Waals surface area contributed by atoms with Crippen LogP contribution in [0.4, 0.5) is 0 Å². The molecule has 0 bridgehead atoms. The van der Waals surface area contributed by atoms with E-state index in [0.717, 1.165) is 9.86 Å². The Morgan fingerprint density at radius 2 is 2.09 bits per heavy atom. The standard InChI is InChI=1S/C15H17BrN2O3.ClH/c1-9-11-8-10(16)4-5-12(11)21-15(20)13(9)14(19)18(3)7-6-17-2;/h4-5,8,17H,6-7H2,1-3H3;1H. The highest BCUT2D eigenvalue weighted by molar-refractivity contribution is 9.10. The second-order valence-corrected chi connectivity index (χ2v) is 5.78. The predicted molar refractivity (Wildman–Crippen MR) is 93.1 cm³/mol. The maximum absolute atomic E-state index is 12.4. The number of aryl methyl sites for hydroxylation is 1. The molecule has 1 heterocycles. The van der Waals surface area contributed by atoms with Crippen molar-refractivity contribution in [3.63, 3.8) is 0 Å². The summed E-state index contributed by atoms with van der Waals surface area (Å²) >= 11 is 3.39. The third kappa shape index (κ3) is 3.69. The molecule has 0 aliphatic heterocycles. The van der Waals surface area contributed by atoms with Gasteiger partial charge in [-0.25, -0.2) is 4.79 Å². The van der Waals surface area contributed by atoms with E-state index < -0.39 is 5.63 Å². The molecular weight excluding hydrogens is 372 g/mol. The molecule has 1 N–H and O–H groups in total. The van der Waals surface area contributed by atoms with Gasteiger partial charge in [0.05, 0.1) is 0 Å². The summed E-state index contributed by atoms with van der Waals surface area (Å²) in [5, 5.41) is 3.73. The third-order valence-corrected chi connectivity index (χ3v) is 3.88. The maximum atomic E-state index is 12.4. The number of amides is 1. The van der Waals surface area contributed by atoms with Crippen LogP contribution >= 0.6 is 28.3 Å². The van der Waals surface area contributed by atoms with Crippen LogP contribution in [0.15, 0.2) is 31.9 Å². The molecule has 0 aliphatic carbocycles. The van der Waals surface area contributed by atoms with Crippen molar-refractivity contribution in [3.8, 4) is 0 Å². The van der Waals surface area contributed by atoms with Crippen LogP contribution in [0.1, 0.15) is 15.9 Å². The van der Waals surface area contributed by atoms with Crippen LogP contribution in [0.5, 0.6) is 0 Å². The zero-order valence-corrected chi connectivity index (χ0v) is 15.0. The SMILES string of the molecule is CNCCN(C)C(=O)c1c(C)c2cc(Br)ccc2oc1=O.Cl. The van der Waals surface area contributed by atoms with Crippen molar-refractivity contribution in [3.05, 3.63) is 44.2 Å². The van der Waals surface area contributed by atoms with E-state index in [1.165, 1.54) is 4.90 Å². The molecule has 0 saturated carbocycles. The Balaban J connectivity index is 0.00000242. The summed E-state index contributed by atoms with van der Waals surface area (Å²) in [6.45, 7) is 2.95. The second-order valence-electron chi connectivity index (χ2n) is 4.86. The van der Waals surface area contributed by atoms with Gasteiger partial charge in [-0.05, 0) is 37.7 Å². The van der Waals surface area contributed by atoms with E-state index in [2.05, 4.69) is 21.2 Å². The number of halogens is 2. The fourth-order valence-corrected chi connectivity index (χ4v) is 2.50. The average molecular weight is 390 g/mol. The number of benzene rings is 1. The fourth-order valence-electron chi connectivity index (χ4n) is 2.14. The molecule has 7 heteroatoms. The summed E-state index contributed by atoms with van der Waals surface area (Å²) in [6.07, 6.45) is 0. The van der Waals surface area contributed by atoms with E-state index in [1.54, 1.807) is 26.1 Å². The number of carbonyl (C=O) groups excluding carboxylic acids is 1. The number of likely N-dealkylation sites (N-methyl/N-ethyl adjacent to an activating group) is 2. The Bertz CT molecular complexity index is 745. The number of fused-ring (bicyclic) bond motifs is 1. The first-order valence-electron chi connectivity index (χ1n) is 6.58. The van der Waals surface area contributed by atoms with Gasteiger partial charge in [-0.1, -0.05) is 15.9 Å². The Morgan fingerprint density at radius 1 is 1.41 bits per heavy atom. The van der Waals surface area contributed by atoms with Crippen molar-refractivity contribution in [2.75, 3.05) is 27.2 Å². The molecule has 2 aromatic rings. The average Bonchev–Trinajstić information content (AvgIpc) is 2.45. The van der Waals surface area contributed by atoms with E-state index in [1.807, 2.05) is 13.1 Å². The lowest BCUT2D eigenvalue weighted by Crippen LogP contribution is -2.35. The van der Waals surface area contributed by atoms with E-state index in [4.69, 9.17) is 4.42 Å². The third-order valence-electron chi connectivity index (χ3n) is 3.39. The fraction of sp³-hybridized carbons (Fsp3) is 0.333. The lowest BCUT2D eigenvalue weighted by Gasteiger charge is -2.17. The lowest BCUT2D eigenvalue weighted by molar-refractivity contribution is 0.0792. The Hall–Kier alpha value is -1.37. The number of nitrogens with one attached hydrogen (secondary N) is 1. The van der Waals surface area contributed by atoms with Gasteiger partial charge < -0.3 is 14.6 Å². The monoisotopic (exact) mass is 388 g/mol. The molecule has 0 atom stereocenters. The summed E-state index contributed by atoms with van der Waals surface area (Å²) in [6, 6.07) is 5.36. The molecule has 22 heavy (non-hydrogen) atoms. The minimum atomic E-state index is -0.594. The molecule has 0 spiro atoms. The first kappa shape index (κ1) is 18.7. The predicted octanol–water partition coefficient (Wildman–Crippen LogP) is 2.58. The topological polar surface area (TPSA) is 62.6 Å². The van der Waals surface area contributed by atoms with Gasteiger partial charge in [-0.15, -0.1) is 12.4 Å². The van der Waals surface area contributed by atoms with Crippen LogP contribution in [0, 0.1) is 6.92 Å². The largest absolute Gasteiger partial charge is 0.422 e. The number of nitrogens with zero attached hydrogens (tertiary/aromatic N) is 1. The van der Waals surface area contributed by atoms with Crippen molar-refractivity contribution in [2.24, 2.45) is 0 Å². The van der Waals surface area contributed by atoms with Crippen molar-refractivity contribution < 1.29 is 9.21 Å². The molecule has 5 nitrogen and oxygen atoms in total. The Kier molecular flexibility index (Phi) is 6.59. The van der Waals surface area contributed by atoms with Crippen LogP contribution in [0.2, 0.25) is 0 Å².